The van der Waals surface area contributed by atoms with E-state index in [0.717, 1.165) is 13.1 Å². The third-order valence-corrected chi connectivity index (χ3v) is 5.08. The third kappa shape index (κ3) is 7.29. The van der Waals surface area contributed by atoms with Crippen molar-refractivity contribution in [1.82, 2.24) is 15.5 Å². The molecule has 170 valence electrons. The highest BCUT2D eigenvalue weighted by molar-refractivity contribution is 14.0. The molecule has 3 rings (SSSR count). The monoisotopic (exact) mass is 540 g/mol. The van der Waals surface area contributed by atoms with E-state index >= 15 is 0 Å². The zero-order valence-corrected chi connectivity index (χ0v) is 19.8. The molecule has 1 atom stereocenters. The molecule has 1 aromatic rings. The van der Waals surface area contributed by atoms with E-state index in [0.29, 0.717) is 28.9 Å². The van der Waals surface area contributed by atoms with Gasteiger partial charge in [-0.3, -0.25) is 4.99 Å². The molecule has 0 aliphatic carbocycles. The number of halogens is 3. The number of fused-ring (bicyclic) bond motifs is 1. The van der Waals surface area contributed by atoms with Gasteiger partial charge in [-0.1, -0.05) is 13.3 Å². The summed E-state index contributed by atoms with van der Waals surface area (Å²) in [6.07, 6.45) is 3.89. The first-order valence-corrected chi connectivity index (χ1v) is 10.1. The Bertz CT molecular complexity index is 703. The number of alkyl halides is 2. The molecule has 1 saturated heterocycles. The molecule has 2 aliphatic rings. The molecule has 30 heavy (non-hydrogen) atoms. The number of piperidine rings is 1. The highest BCUT2D eigenvalue weighted by atomic mass is 127. The first-order chi connectivity index (χ1) is 14.0. The Morgan fingerprint density at radius 1 is 1.17 bits per heavy atom. The molecule has 2 aliphatic heterocycles. The molecule has 10 heteroatoms. The Labute approximate surface area is 193 Å². The van der Waals surface area contributed by atoms with Gasteiger partial charge in [0, 0.05) is 38.3 Å². The van der Waals surface area contributed by atoms with Crippen LogP contribution in [0.3, 0.4) is 0 Å². The minimum atomic E-state index is -2.91. The predicted octanol–water partition coefficient (Wildman–Crippen LogP) is 3.42. The lowest BCUT2D eigenvalue weighted by Crippen LogP contribution is -2.42. The van der Waals surface area contributed by atoms with Gasteiger partial charge >= 0.3 is 6.61 Å². The lowest BCUT2D eigenvalue weighted by atomic mass is 10.1. The van der Waals surface area contributed by atoms with Crippen molar-refractivity contribution in [1.29, 1.82) is 0 Å². The minimum absolute atomic E-state index is 0. The summed E-state index contributed by atoms with van der Waals surface area (Å²) in [4.78, 5) is 6.73. The van der Waals surface area contributed by atoms with E-state index in [-0.39, 0.29) is 43.1 Å². The smallest absolute Gasteiger partial charge is 0.387 e. The van der Waals surface area contributed by atoms with Gasteiger partial charge in [0.15, 0.2) is 17.5 Å². The van der Waals surface area contributed by atoms with Crippen molar-refractivity contribution in [3.05, 3.63) is 17.7 Å². The number of likely N-dealkylation sites (tertiary alicyclic amines) is 1. The Morgan fingerprint density at radius 3 is 2.53 bits per heavy atom. The van der Waals surface area contributed by atoms with Crippen LogP contribution in [0.15, 0.2) is 17.1 Å². The Hall–Kier alpha value is -1.56. The van der Waals surface area contributed by atoms with Gasteiger partial charge in [-0.2, -0.15) is 8.78 Å². The van der Waals surface area contributed by atoms with Gasteiger partial charge in [0.1, 0.15) is 5.75 Å². The summed E-state index contributed by atoms with van der Waals surface area (Å²) >= 11 is 0. The number of guanidine groups is 1. The van der Waals surface area contributed by atoms with Gasteiger partial charge in [-0.05, 0) is 37.9 Å². The quantitative estimate of drug-likeness (QED) is 0.300. The van der Waals surface area contributed by atoms with Crippen LogP contribution in [-0.2, 0) is 6.54 Å². The molecule has 0 saturated carbocycles. The van der Waals surface area contributed by atoms with E-state index in [1.807, 2.05) is 0 Å². The number of benzene rings is 1. The summed E-state index contributed by atoms with van der Waals surface area (Å²) in [7, 11) is 1.68. The van der Waals surface area contributed by atoms with Crippen molar-refractivity contribution in [2.24, 2.45) is 10.9 Å². The average molecular weight is 540 g/mol. The number of nitrogens with zero attached hydrogens (tertiary/aromatic N) is 2. The summed E-state index contributed by atoms with van der Waals surface area (Å²) in [5, 5.41) is 6.46. The van der Waals surface area contributed by atoms with Crippen molar-refractivity contribution in [2.45, 2.75) is 39.3 Å². The highest BCUT2D eigenvalue weighted by Gasteiger charge is 2.20. The van der Waals surface area contributed by atoms with Crippen LogP contribution in [0.25, 0.3) is 0 Å². The minimum Gasteiger partial charge on any atom is -0.454 e. The number of rotatable bonds is 8. The van der Waals surface area contributed by atoms with Gasteiger partial charge < -0.3 is 29.7 Å². The van der Waals surface area contributed by atoms with E-state index in [2.05, 4.69) is 32.2 Å². The van der Waals surface area contributed by atoms with Crippen LogP contribution in [0.5, 0.6) is 17.2 Å². The van der Waals surface area contributed by atoms with Crippen LogP contribution in [0.2, 0.25) is 0 Å². The number of hydrogen-bond acceptors (Lipinski definition) is 5. The lowest BCUT2D eigenvalue weighted by Gasteiger charge is -2.29. The van der Waals surface area contributed by atoms with E-state index in [1.54, 1.807) is 13.1 Å². The highest BCUT2D eigenvalue weighted by Crippen LogP contribution is 2.38. The fraction of sp³-hybridized carbons (Fsp3) is 0.650. The first-order valence-electron chi connectivity index (χ1n) is 10.1. The van der Waals surface area contributed by atoms with Gasteiger partial charge in [-0.25, -0.2) is 0 Å². The normalized spacial score (nSPS) is 17.4. The summed E-state index contributed by atoms with van der Waals surface area (Å²) in [5.41, 5.74) is 0.541. The van der Waals surface area contributed by atoms with Crippen molar-refractivity contribution < 1.29 is 23.0 Å². The van der Waals surface area contributed by atoms with Crippen LogP contribution in [0.1, 0.15) is 31.7 Å². The molecule has 2 heterocycles. The van der Waals surface area contributed by atoms with Gasteiger partial charge in [0.25, 0.3) is 0 Å². The summed E-state index contributed by atoms with van der Waals surface area (Å²) in [6.45, 7) is 3.81. The molecule has 0 amide bonds. The summed E-state index contributed by atoms with van der Waals surface area (Å²) in [6, 6.07) is 3.09. The van der Waals surface area contributed by atoms with Crippen molar-refractivity contribution >= 4 is 29.9 Å². The Morgan fingerprint density at radius 2 is 1.87 bits per heavy atom. The SMILES string of the molecule is CN=C(NCc1cc2c(cc1OC(F)F)OCO2)NCC(C)CN1CCCCC1.I. The molecule has 1 unspecified atom stereocenters. The average Bonchev–Trinajstić information content (AvgIpc) is 3.15. The van der Waals surface area contributed by atoms with Crippen LogP contribution in [0.4, 0.5) is 8.78 Å². The second-order valence-corrected chi connectivity index (χ2v) is 7.46. The van der Waals surface area contributed by atoms with E-state index in [4.69, 9.17) is 9.47 Å². The van der Waals surface area contributed by atoms with Crippen molar-refractivity contribution in [3.63, 3.8) is 0 Å². The third-order valence-electron chi connectivity index (χ3n) is 5.08. The number of nitrogens with one attached hydrogen (secondary N) is 2. The first kappa shape index (κ1) is 24.7. The molecular weight excluding hydrogens is 509 g/mol. The van der Waals surface area contributed by atoms with Crippen LogP contribution < -0.4 is 24.8 Å². The van der Waals surface area contributed by atoms with Gasteiger partial charge in [0.2, 0.25) is 6.79 Å². The number of aliphatic imine (C=N–C) groups is 1. The molecule has 0 bridgehead atoms. The fourth-order valence-corrected chi connectivity index (χ4v) is 3.63. The molecule has 0 radical (unpaired) electrons. The van der Waals surface area contributed by atoms with E-state index in [1.165, 1.54) is 38.4 Å². The maximum Gasteiger partial charge on any atom is 0.387 e. The maximum absolute atomic E-state index is 12.8. The molecule has 1 fully saturated rings. The number of hydrogen-bond donors (Lipinski definition) is 2. The van der Waals surface area contributed by atoms with E-state index in [9.17, 15) is 8.78 Å². The summed E-state index contributed by atoms with van der Waals surface area (Å²) < 4.78 is 40.8. The fourth-order valence-electron chi connectivity index (χ4n) is 3.63. The summed E-state index contributed by atoms with van der Waals surface area (Å²) in [5.74, 6) is 2.05. The molecule has 0 aromatic heterocycles. The Balaban J connectivity index is 0.00000320. The van der Waals surface area contributed by atoms with Crippen LogP contribution in [0, 0.1) is 5.92 Å². The second-order valence-electron chi connectivity index (χ2n) is 7.46. The molecule has 0 spiro atoms. The van der Waals surface area contributed by atoms with Crippen LogP contribution >= 0.6 is 24.0 Å². The largest absolute Gasteiger partial charge is 0.454 e. The van der Waals surface area contributed by atoms with Gasteiger partial charge in [0.05, 0.1) is 0 Å². The van der Waals surface area contributed by atoms with Crippen molar-refractivity contribution in [3.8, 4) is 17.2 Å². The number of ether oxygens (including phenoxy) is 3. The topological polar surface area (TPSA) is 67.4 Å². The van der Waals surface area contributed by atoms with Gasteiger partial charge in [-0.15, -0.1) is 24.0 Å². The lowest BCUT2D eigenvalue weighted by molar-refractivity contribution is -0.0505. The van der Waals surface area contributed by atoms with Crippen LogP contribution in [-0.4, -0.2) is 57.5 Å². The van der Waals surface area contributed by atoms with E-state index < -0.39 is 6.61 Å². The predicted molar refractivity (Wildman–Crippen MR) is 122 cm³/mol. The molecule has 7 nitrogen and oxygen atoms in total. The zero-order chi connectivity index (χ0) is 20.6. The second kappa shape index (κ2) is 12.3. The standard InChI is InChI=1S/C20H30F2N4O3.HI/c1-14(12-26-6-4-3-5-7-26)10-24-20(23-2)25-11-15-8-17-18(28-13-27-17)9-16(15)29-19(21)22;/h8-9,14,19H,3-7,10-13H2,1-2H3,(H2,23,24,25);1H. The zero-order valence-electron chi connectivity index (χ0n) is 17.5. The Kier molecular flexibility index (Phi) is 10.2. The maximum atomic E-state index is 12.8. The molecule has 2 N–H and O–H groups in total. The van der Waals surface area contributed by atoms with Crippen molar-refractivity contribution in [2.75, 3.05) is 40.0 Å². The molecular formula is C20H31F2IN4O3. The molecule has 1 aromatic carbocycles.